The molecule has 0 aliphatic heterocycles. The summed E-state index contributed by atoms with van der Waals surface area (Å²) in [5.74, 6) is -0.283. The minimum absolute atomic E-state index is 0.283. The second kappa shape index (κ2) is 5.66. The molecular formula is C16H23FN2. The van der Waals surface area contributed by atoms with Crippen LogP contribution < -0.4 is 5.73 Å². The number of rotatable bonds is 1. The van der Waals surface area contributed by atoms with E-state index in [1.807, 2.05) is 53.7 Å². The number of aromatic nitrogens is 1. The van der Waals surface area contributed by atoms with Gasteiger partial charge in [0.15, 0.2) is 0 Å². The van der Waals surface area contributed by atoms with Gasteiger partial charge >= 0.3 is 0 Å². The maximum Gasteiger partial charge on any atom is 0.149 e. The zero-order chi connectivity index (χ0) is 14.8. The summed E-state index contributed by atoms with van der Waals surface area (Å²) in [7, 11) is 0. The molecule has 2 nitrogen and oxygen atoms in total. The Hall–Kier alpha value is -1.48. The lowest BCUT2D eigenvalue weighted by Crippen LogP contribution is -2.29. The summed E-state index contributed by atoms with van der Waals surface area (Å²) in [6.07, 6.45) is 0. The summed E-state index contributed by atoms with van der Waals surface area (Å²) in [4.78, 5) is 4.26. The number of fused-ring (bicyclic) bond motifs is 1. The Morgan fingerprint density at radius 3 is 2.21 bits per heavy atom. The molecule has 1 aromatic heterocycles. The molecule has 0 fully saturated rings. The number of hydrogen-bond acceptors (Lipinski definition) is 2. The molecule has 2 rings (SSSR count). The van der Waals surface area contributed by atoms with Crippen molar-refractivity contribution in [2.75, 3.05) is 0 Å². The average Bonchev–Trinajstić information content (AvgIpc) is 2.31. The molecule has 0 spiro atoms. The molecule has 0 bridgehead atoms. The molecule has 1 heterocycles. The van der Waals surface area contributed by atoms with Crippen LogP contribution in [0.25, 0.3) is 10.9 Å². The van der Waals surface area contributed by atoms with Gasteiger partial charge in [-0.2, -0.15) is 0 Å². The van der Waals surface area contributed by atoms with Crippen LogP contribution in [0.1, 0.15) is 44.5 Å². The van der Waals surface area contributed by atoms with Crippen LogP contribution in [0.5, 0.6) is 0 Å². The molecule has 2 aromatic rings. The lowest BCUT2D eigenvalue weighted by Gasteiger charge is -2.22. The van der Waals surface area contributed by atoms with Crippen LogP contribution in [0.3, 0.4) is 0 Å². The third-order valence-corrected chi connectivity index (χ3v) is 2.83. The Kier molecular flexibility index (Phi) is 4.64. The highest BCUT2D eigenvalue weighted by Gasteiger charge is 2.19. The molecule has 0 saturated heterocycles. The number of nitrogens with two attached hydrogens (primary N) is 1. The predicted octanol–water partition coefficient (Wildman–Crippen LogP) is 4.21. The lowest BCUT2D eigenvalue weighted by molar-refractivity contribution is 0.558. The van der Waals surface area contributed by atoms with Gasteiger partial charge in [-0.3, -0.25) is 4.98 Å². The molecule has 104 valence electrons. The van der Waals surface area contributed by atoms with Gasteiger partial charge in [0, 0.05) is 16.6 Å². The molecule has 19 heavy (non-hydrogen) atoms. The molecule has 2 N–H and O–H groups in total. The van der Waals surface area contributed by atoms with Gasteiger partial charge in [0.05, 0.1) is 0 Å². The Balaban J connectivity index is 0.000000861. The van der Waals surface area contributed by atoms with Crippen molar-refractivity contribution in [1.29, 1.82) is 0 Å². The number of hydrogen-bond donors (Lipinski definition) is 1. The van der Waals surface area contributed by atoms with Gasteiger partial charge in [-0.25, -0.2) is 4.39 Å². The molecule has 3 heteroatoms. The van der Waals surface area contributed by atoms with Crippen LogP contribution in [0.15, 0.2) is 18.2 Å². The number of aryl methyl sites for hydroxylation is 2. The molecule has 0 unspecified atom stereocenters. The van der Waals surface area contributed by atoms with E-state index in [0.717, 1.165) is 22.2 Å². The monoisotopic (exact) mass is 262 g/mol. The van der Waals surface area contributed by atoms with Crippen molar-refractivity contribution in [1.82, 2.24) is 4.98 Å². The second-order valence-electron chi connectivity index (χ2n) is 5.18. The molecule has 1 aromatic carbocycles. The highest BCUT2D eigenvalue weighted by atomic mass is 19.1. The number of halogens is 1. The first-order chi connectivity index (χ1) is 8.79. The maximum absolute atomic E-state index is 13.9. The van der Waals surface area contributed by atoms with E-state index in [0.29, 0.717) is 5.52 Å². The van der Waals surface area contributed by atoms with Gasteiger partial charge in [0.1, 0.15) is 11.3 Å². The van der Waals surface area contributed by atoms with Crippen molar-refractivity contribution in [3.8, 4) is 0 Å². The number of pyridine rings is 1. The van der Waals surface area contributed by atoms with E-state index in [2.05, 4.69) is 4.98 Å². The molecular weight excluding hydrogens is 239 g/mol. The summed E-state index contributed by atoms with van der Waals surface area (Å²) >= 11 is 0. The van der Waals surface area contributed by atoms with Crippen LogP contribution in [0.2, 0.25) is 0 Å². The van der Waals surface area contributed by atoms with E-state index in [4.69, 9.17) is 5.73 Å². The van der Waals surface area contributed by atoms with Gasteiger partial charge in [-0.15, -0.1) is 0 Å². The van der Waals surface area contributed by atoms with Crippen molar-refractivity contribution in [3.63, 3.8) is 0 Å². The Morgan fingerprint density at radius 1 is 1.11 bits per heavy atom. The zero-order valence-corrected chi connectivity index (χ0v) is 12.6. The first-order valence-electron chi connectivity index (χ1n) is 6.66. The Bertz CT molecular complexity index is 583. The summed E-state index contributed by atoms with van der Waals surface area (Å²) in [5.41, 5.74) is 8.64. The SMILES string of the molecule is CC.Cc1cc(F)c2nc(C)cc(C(C)(C)N)c2c1. The summed E-state index contributed by atoms with van der Waals surface area (Å²) in [6.45, 7) is 11.6. The van der Waals surface area contributed by atoms with E-state index in [1.54, 1.807) is 0 Å². The normalized spacial score (nSPS) is 11.2. The van der Waals surface area contributed by atoms with Crippen LogP contribution in [0, 0.1) is 19.7 Å². The van der Waals surface area contributed by atoms with E-state index in [-0.39, 0.29) is 5.82 Å². The van der Waals surface area contributed by atoms with Gasteiger partial charge in [-0.1, -0.05) is 13.8 Å². The fourth-order valence-corrected chi connectivity index (χ4v) is 2.08. The summed E-state index contributed by atoms with van der Waals surface area (Å²) in [5, 5.41) is 0.806. The third-order valence-electron chi connectivity index (χ3n) is 2.83. The fraction of sp³-hybridized carbons (Fsp3) is 0.438. The summed E-state index contributed by atoms with van der Waals surface area (Å²) in [6, 6.07) is 5.37. The van der Waals surface area contributed by atoms with E-state index >= 15 is 0 Å². The molecule has 0 aliphatic carbocycles. The van der Waals surface area contributed by atoms with E-state index in [1.165, 1.54) is 6.07 Å². The van der Waals surface area contributed by atoms with Gasteiger partial charge in [0.2, 0.25) is 0 Å². The van der Waals surface area contributed by atoms with Crippen molar-refractivity contribution in [2.45, 2.75) is 47.1 Å². The highest BCUT2D eigenvalue weighted by molar-refractivity contribution is 5.84. The van der Waals surface area contributed by atoms with Crippen molar-refractivity contribution in [2.24, 2.45) is 5.73 Å². The van der Waals surface area contributed by atoms with Gasteiger partial charge < -0.3 is 5.73 Å². The van der Waals surface area contributed by atoms with Crippen LogP contribution >= 0.6 is 0 Å². The Morgan fingerprint density at radius 2 is 1.68 bits per heavy atom. The van der Waals surface area contributed by atoms with Crippen molar-refractivity contribution in [3.05, 3.63) is 40.8 Å². The van der Waals surface area contributed by atoms with Crippen molar-refractivity contribution >= 4 is 10.9 Å². The topological polar surface area (TPSA) is 38.9 Å². The van der Waals surface area contributed by atoms with Crippen LogP contribution in [-0.4, -0.2) is 4.98 Å². The van der Waals surface area contributed by atoms with Crippen molar-refractivity contribution < 1.29 is 4.39 Å². The maximum atomic E-state index is 13.9. The summed E-state index contributed by atoms with van der Waals surface area (Å²) < 4.78 is 13.9. The largest absolute Gasteiger partial charge is 0.322 e. The quantitative estimate of drug-likeness (QED) is 0.836. The first-order valence-corrected chi connectivity index (χ1v) is 6.66. The molecule has 0 radical (unpaired) electrons. The number of nitrogens with zero attached hydrogens (tertiary/aromatic N) is 1. The van der Waals surface area contributed by atoms with Gasteiger partial charge in [-0.05, 0) is 57.0 Å². The minimum Gasteiger partial charge on any atom is -0.322 e. The van der Waals surface area contributed by atoms with E-state index < -0.39 is 5.54 Å². The van der Waals surface area contributed by atoms with Gasteiger partial charge in [0.25, 0.3) is 0 Å². The first kappa shape index (κ1) is 15.6. The molecule has 0 aliphatic rings. The standard InChI is InChI=1S/C14H17FN2.C2H6/c1-8-5-10-11(14(3,4)16)7-9(2)17-13(10)12(15)6-8;1-2/h5-7H,16H2,1-4H3;1-2H3. The minimum atomic E-state index is -0.508. The smallest absolute Gasteiger partial charge is 0.149 e. The Labute approximate surface area is 114 Å². The average molecular weight is 262 g/mol. The second-order valence-corrected chi connectivity index (χ2v) is 5.18. The molecule has 0 saturated carbocycles. The zero-order valence-electron chi connectivity index (χ0n) is 12.6. The number of benzene rings is 1. The third kappa shape index (κ3) is 3.29. The van der Waals surface area contributed by atoms with Crippen LogP contribution in [-0.2, 0) is 5.54 Å². The molecule has 0 amide bonds. The predicted molar refractivity (Wildman–Crippen MR) is 79.7 cm³/mol. The fourth-order valence-electron chi connectivity index (χ4n) is 2.08. The molecule has 0 atom stereocenters. The lowest BCUT2D eigenvalue weighted by atomic mass is 9.91. The highest BCUT2D eigenvalue weighted by Crippen LogP contribution is 2.28. The van der Waals surface area contributed by atoms with Crippen LogP contribution in [0.4, 0.5) is 4.39 Å². The van der Waals surface area contributed by atoms with E-state index in [9.17, 15) is 4.39 Å².